The van der Waals surface area contributed by atoms with Crippen molar-refractivity contribution in [1.29, 1.82) is 0 Å². The predicted molar refractivity (Wildman–Crippen MR) is 89.5 cm³/mol. The summed E-state index contributed by atoms with van der Waals surface area (Å²) in [5, 5.41) is 5.19. The molecule has 2 rings (SSSR count). The van der Waals surface area contributed by atoms with Crippen molar-refractivity contribution in [2.75, 3.05) is 21.6 Å². The quantitative estimate of drug-likeness (QED) is 0.754. The van der Waals surface area contributed by atoms with Crippen molar-refractivity contribution in [2.24, 2.45) is 0 Å². The van der Waals surface area contributed by atoms with Crippen LogP contribution in [0.15, 0.2) is 47.1 Å². The van der Waals surface area contributed by atoms with Crippen molar-refractivity contribution < 1.29 is 13.2 Å². The van der Waals surface area contributed by atoms with Gasteiger partial charge in [-0.15, -0.1) is 0 Å². The number of nitrogens with one attached hydrogen (secondary N) is 3. The zero-order valence-corrected chi connectivity index (χ0v) is 13.9. The first-order valence-corrected chi connectivity index (χ1v) is 8.78. The van der Waals surface area contributed by atoms with Gasteiger partial charge in [-0.05, 0) is 52.3 Å². The minimum atomic E-state index is -3.32. The summed E-state index contributed by atoms with van der Waals surface area (Å²) < 4.78 is 25.3. The molecule has 0 saturated carbocycles. The fourth-order valence-corrected chi connectivity index (χ4v) is 2.36. The lowest BCUT2D eigenvalue weighted by Gasteiger charge is -2.08. The molecule has 2 amide bonds. The van der Waals surface area contributed by atoms with E-state index in [1.807, 2.05) is 0 Å². The van der Waals surface area contributed by atoms with E-state index >= 15 is 0 Å². The van der Waals surface area contributed by atoms with E-state index in [4.69, 9.17) is 0 Å². The first-order valence-electron chi connectivity index (χ1n) is 6.09. The third-order valence-electron chi connectivity index (χ3n) is 2.42. The molecule has 0 bridgehead atoms. The van der Waals surface area contributed by atoms with Crippen LogP contribution in [0, 0.1) is 0 Å². The molecule has 0 aliphatic carbocycles. The van der Waals surface area contributed by atoms with Gasteiger partial charge < -0.3 is 5.32 Å². The highest BCUT2D eigenvalue weighted by atomic mass is 79.9. The van der Waals surface area contributed by atoms with Crippen LogP contribution in [0.2, 0.25) is 0 Å². The van der Waals surface area contributed by atoms with E-state index in [1.165, 1.54) is 0 Å². The Morgan fingerprint density at radius 1 is 1.05 bits per heavy atom. The maximum Gasteiger partial charge on any atom is 0.324 e. The number of sulfonamides is 1. The van der Waals surface area contributed by atoms with Gasteiger partial charge in [0.05, 0.1) is 6.26 Å². The normalized spacial score (nSPS) is 10.8. The van der Waals surface area contributed by atoms with Crippen LogP contribution in [0.25, 0.3) is 0 Å². The smallest absolute Gasteiger partial charge is 0.308 e. The fourth-order valence-electron chi connectivity index (χ4n) is 1.56. The number of hydrogen-bond acceptors (Lipinski definition) is 4. The third-order valence-corrected chi connectivity index (χ3v) is 3.49. The molecule has 0 unspecified atom stereocenters. The van der Waals surface area contributed by atoms with Crippen molar-refractivity contribution in [3.8, 4) is 0 Å². The van der Waals surface area contributed by atoms with Crippen LogP contribution in [0.4, 0.5) is 22.0 Å². The molecule has 116 valence electrons. The Bertz CT molecular complexity index is 761. The summed E-state index contributed by atoms with van der Waals surface area (Å²) in [7, 11) is -3.32. The predicted octanol–water partition coefficient (Wildman–Crippen LogP) is 2.86. The third kappa shape index (κ3) is 5.34. The topological polar surface area (TPSA) is 100 Å². The number of hydrogen-bond donors (Lipinski definition) is 3. The lowest BCUT2D eigenvalue weighted by atomic mass is 10.3. The van der Waals surface area contributed by atoms with Crippen LogP contribution < -0.4 is 15.4 Å². The Balaban J connectivity index is 1.95. The molecule has 22 heavy (non-hydrogen) atoms. The summed E-state index contributed by atoms with van der Waals surface area (Å²) in [5.74, 6) is 0.413. The Kier molecular flexibility index (Phi) is 4.99. The lowest BCUT2D eigenvalue weighted by molar-refractivity contribution is 0.262. The van der Waals surface area contributed by atoms with Gasteiger partial charge in [0.2, 0.25) is 10.0 Å². The molecule has 1 heterocycles. The van der Waals surface area contributed by atoms with Gasteiger partial charge in [0.25, 0.3) is 0 Å². The van der Waals surface area contributed by atoms with Crippen molar-refractivity contribution in [2.45, 2.75) is 0 Å². The zero-order chi connectivity index (χ0) is 16.2. The number of anilines is 3. The summed E-state index contributed by atoms with van der Waals surface area (Å²) in [5.41, 5.74) is 0.941. The molecule has 0 aliphatic heterocycles. The van der Waals surface area contributed by atoms with E-state index < -0.39 is 16.1 Å². The van der Waals surface area contributed by atoms with Gasteiger partial charge in [-0.1, -0.05) is 0 Å². The molecule has 3 N–H and O–H groups in total. The Morgan fingerprint density at radius 3 is 2.23 bits per heavy atom. The Labute approximate surface area is 136 Å². The second-order valence-electron chi connectivity index (χ2n) is 4.39. The van der Waals surface area contributed by atoms with Gasteiger partial charge in [-0.25, -0.2) is 18.2 Å². The number of benzene rings is 1. The highest BCUT2D eigenvalue weighted by Gasteiger charge is 2.05. The van der Waals surface area contributed by atoms with E-state index in [2.05, 4.69) is 36.3 Å². The number of urea groups is 1. The Morgan fingerprint density at radius 2 is 1.68 bits per heavy atom. The van der Waals surface area contributed by atoms with Crippen LogP contribution in [-0.4, -0.2) is 25.7 Å². The standard InChI is InChI=1S/C13H13BrN4O3S/c1-22(20,21)18-11-5-3-10(4-6-11)16-13(19)17-12-7-2-9(14)8-15-12/h2-8,18H,1H3,(H2,15,16,17,19). The number of halogens is 1. The molecule has 0 atom stereocenters. The van der Waals surface area contributed by atoms with Crippen molar-refractivity contribution >= 4 is 49.2 Å². The van der Waals surface area contributed by atoms with E-state index in [9.17, 15) is 13.2 Å². The average molecular weight is 385 g/mol. The van der Waals surface area contributed by atoms with Gasteiger partial charge in [0.15, 0.2) is 0 Å². The number of pyridine rings is 1. The molecular formula is C13H13BrN4O3S. The maximum atomic E-state index is 11.8. The van der Waals surface area contributed by atoms with Crippen molar-refractivity contribution in [3.05, 3.63) is 47.1 Å². The molecule has 0 spiro atoms. The highest BCUT2D eigenvalue weighted by molar-refractivity contribution is 9.10. The first kappa shape index (κ1) is 16.2. The van der Waals surface area contributed by atoms with E-state index in [1.54, 1.807) is 42.6 Å². The molecule has 0 fully saturated rings. The molecule has 1 aromatic heterocycles. The lowest BCUT2D eigenvalue weighted by Crippen LogP contribution is -2.20. The summed E-state index contributed by atoms with van der Waals surface area (Å²) >= 11 is 3.25. The molecule has 2 aromatic rings. The van der Waals surface area contributed by atoms with Crippen molar-refractivity contribution in [3.63, 3.8) is 0 Å². The van der Waals surface area contributed by atoms with Crippen LogP contribution in [0.3, 0.4) is 0 Å². The highest BCUT2D eigenvalue weighted by Crippen LogP contribution is 2.15. The average Bonchev–Trinajstić information content (AvgIpc) is 2.42. The second kappa shape index (κ2) is 6.75. The van der Waals surface area contributed by atoms with Crippen LogP contribution in [0.1, 0.15) is 0 Å². The summed E-state index contributed by atoms with van der Waals surface area (Å²) in [6, 6.07) is 9.24. The fraction of sp³-hybridized carbons (Fsp3) is 0.0769. The van der Waals surface area contributed by atoms with Crippen molar-refractivity contribution in [1.82, 2.24) is 4.98 Å². The van der Waals surface area contributed by atoms with E-state index in [-0.39, 0.29) is 0 Å². The minimum Gasteiger partial charge on any atom is -0.308 e. The number of amides is 2. The molecule has 0 saturated heterocycles. The SMILES string of the molecule is CS(=O)(=O)Nc1ccc(NC(=O)Nc2ccc(Br)cn2)cc1. The summed E-state index contributed by atoms with van der Waals surface area (Å²) in [6.07, 6.45) is 2.64. The summed E-state index contributed by atoms with van der Waals surface area (Å²) in [6.45, 7) is 0. The molecular weight excluding hydrogens is 372 g/mol. The molecule has 1 aromatic carbocycles. The number of aromatic nitrogens is 1. The van der Waals surface area contributed by atoms with Gasteiger partial charge in [0.1, 0.15) is 5.82 Å². The first-order chi connectivity index (χ1) is 10.3. The van der Waals surface area contributed by atoms with Crippen LogP contribution in [-0.2, 0) is 10.0 Å². The zero-order valence-electron chi connectivity index (χ0n) is 11.5. The number of carbonyl (C=O) groups excluding carboxylic acids is 1. The van der Waals surface area contributed by atoms with Crippen LogP contribution >= 0.6 is 15.9 Å². The molecule has 0 radical (unpaired) electrons. The molecule has 0 aliphatic rings. The van der Waals surface area contributed by atoms with Gasteiger partial charge in [0, 0.05) is 22.0 Å². The van der Waals surface area contributed by atoms with E-state index in [0.29, 0.717) is 17.2 Å². The Hall–Kier alpha value is -2.13. The van der Waals surface area contributed by atoms with Gasteiger partial charge in [-0.3, -0.25) is 10.0 Å². The van der Waals surface area contributed by atoms with Gasteiger partial charge in [-0.2, -0.15) is 0 Å². The van der Waals surface area contributed by atoms with Gasteiger partial charge >= 0.3 is 6.03 Å². The number of nitrogens with zero attached hydrogens (tertiary/aromatic N) is 1. The number of rotatable bonds is 4. The molecule has 9 heteroatoms. The monoisotopic (exact) mass is 384 g/mol. The maximum absolute atomic E-state index is 11.8. The molecule has 7 nitrogen and oxygen atoms in total. The minimum absolute atomic E-state index is 0.413. The largest absolute Gasteiger partial charge is 0.324 e. The summed E-state index contributed by atoms with van der Waals surface area (Å²) in [4.78, 5) is 15.8. The second-order valence-corrected chi connectivity index (χ2v) is 7.06. The van der Waals surface area contributed by atoms with Crippen LogP contribution in [0.5, 0.6) is 0 Å². The van der Waals surface area contributed by atoms with E-state index in [0.717, 1.165) is 10.7 Å². The number of carbonyl (C=O) groups is 1.